The van der Waals surface area contributed by atoms with Crippen molar-refractivity contribution < 1.29 is 23.1 Å². The predicted molar refractivity (Wildman–Crippen MR) is 110 cm³/mol. The topological polar surface area (TPSA) is 83.9 Å². The van der Waals surface area contributed by atoms with Crippen LogP contribution in [0.1, 0.15) is 44.2 Å². The lowest BCUT2D eigenvalue weighted by Gasteiger charge is -2.24. The molecule has 0 spiro atoms. The molecule has 1 N–H and O–H groups in total. The fourth-order valence-corrected chi connectivity index (χ4v) is 4.95. The van der Waals surface area contributed by atoms with Crippen LogP contribution < -0.4 is 0 Å². The molecule has 6 nitrogen and oxygen atoms in total. The van der Waals surface area contributed by atoms with Gasteiger partial charge in [0.25, 0.3) is 0 Å². The highest BCUT2D eigenvalue weighted by molar-refractivity contribution is 7.91. The third-order valence-corrected chi connectivity index (χ3v) is 6.71. The molecular formula is C22H27NO5S. The summed E-state index contributed by atoms with van der Waals surface area (Å²) >= 11 is 0. The highest BCUT2D eigenvalue weighted by atomic mass is 32.2. The van der Waals surface area contributed by atoms with Crippen LogP contribution in [0.2, 0.25) is 0 Å². The number of amides is 1. The maximum Gasteiger partial charge on any atom is 0.410 e. The van der Waals surface area contributed by atoms with E-state index in [-0.39, 0.29) is 27.6 Å². The minimum absolute atomic E-state index is 0.0571. The van der Waals surface area contributed by atoms with Gasteiger partial charge in [0.2, 0.25) is 9.84 Å². The first-order valence-electron chi connectivity index (χ1n) is 9.60. The van der Waals surface area contributed by atoms with Crippen LogP contribution in [0.5, 0.6) is 5.75 Å². The zero-order valence-electron chi connectivity index (χ0n) is 17.2. The quantitative estimate of drug-likeness (QED) is 0.807. The number of carbonyl (C=O) groups excluding carboxylic acids is 1. The number of benzene rings is 2. The summed E-state index contributed by atoms with van der Waals surface area (Å²) in [5.74, 6) is 0.0487. The molecule has 1 heterocycles. The molecule has 2 aromatic carbocycles. The maximum absolute atomic E-state index is 12.9. The van der Waals surface area contributed by atoms with Crippen LogP contribution >= 0.6 is 0 Å². The van der Waals surface area contributed by atoms with Gasteiger partial charge in [-0.3, -0.25) is 0 Å². The maximum atomic E-state index is 12.9. The van der Waals surface area contributed by atoms with Crippen molar-refractivity contribution in [1.82, 2.24) is 4.90 Å². The Hall–Kier alpha value is -2.54. The summed E-state index contributed by atoms with van der Waals surface area (Å²) in [4.78, 5) is 14.2. The molecule has 1 saturated heterocycles. The largest absolute Gasteiger partial charge is 0.508 e. The lowest BCUT2D eigenvalue weighted by molar-refractivity contribution is 0.0292. The smallest absolute Gasteiger partial charge is 0.410 e. The monoisotopic (exact) mass is 417 g/mol. The lowest BCUT2D eigenvalue weighted by atomic mass is 9.94. The van der Waals surface area contributed by atoms with Crippen molar-refractivity contribution in [1.29, 1.82) is 0 Å². The van der Waals surface area contributed by atoms with Crippen molar-refractivity contribution in [2.45, 2.75) is 55.4 Å². The van der Waals surface area contributed by atoms with Gasteiger partial charge >= 0.3 is 6.09 Å². The van der Waals surface area contributed by atoms with Gasteiger partial charge in [0.1, 0.15) is 11.4 Å². The van der Waals surface area contributed by atoms with E-state index in [1.807, 2.05) is 33.8 Å². The van der Waals surface area contributed by atoms with Crippen molar-refractivity contribution in [3.05, 3.63) is 53.6 Å². The number of ether oxygens (including phenoxy) is 1. The van der Waals surface area contributed by atoms with Gasteiger partial charge in [-0.25, -0.2) is 13.2 Å². The molecule has 1 amide bonds. The van der Waals surface area contributed by atoms with Crippen LogP contribution in [-0.2, 0) is 14.6 Å². The average molecular weight is 418 g/mol. The van der Waals surface area contributed by atoms with E-state index >= 15 is 0 Å². The molecule has 0 bridgehead atoms. The molecule has 1 aliphatic rings. The SMILES string of the molecule is Cc1cc(S(=O)(=O)c2cccc(O)c2)ccc1C1CCN(C(=O)OC(C)(C)C)C1. The molecule has 156 valence electrons. The van der Waals surface area contributed by atoms with E-state index in [1.165, 1.54) is 24.3 Å². The van der Waals surface area contributed by atoms with Gasteiger partial charge in [0.15, 0.2) is 0 Å². The summed E-state index contributed by atoms with van der Waals surface area (Å²) in [5, 5.41) is 9.60. The van der Waals surface area contributed by atoms with Crippen LogP contribution in [0.25, 0.3) is 0 Å². The number of nitrogens with zero attached hydrogens (tertiary/aromatic N) is 1. The molecule has 7 heteroatoms. The van der Waals surface area contributed by atoms with Crippen molar-refractivity contribution in [2.75, 3.05) is 13.1 Å². The van der Waals surface area contributed by atoms with Gasteiger partial charge in [-0.15, -0.1) is 0 Å². The molecule has 0 saturated carbocycles. The first-order valence-corrected chi connectivity index (χ1v) is 11.1. The van der Waals surface area contributed by atoms with E-state index in [1.54, 1.807) is 17.0 Å². The predicted octanol–water partition coefficient (Wildman–Crippen LogP) is 4.26. The Morgan fingerprint density at radius 1 is 1.14 bits per heavy atom. The number of hydrogen-bond donors (Lipinski definition) is 1. The summed E-state index contributed by atoms with van der Waals surface area (Å²) in [5.41, 5.74) is 1.36. The van der Waals surface area contributed by atoms with Gasteiger partial charge < -0.3 is 14.7 Å². The average Bonchev–Trinajstić information content (AvgIpc) is 3.10. The molecule has 1 atom stereocenters. The van der Waals surface area contributed by atoms with Gasteiger partial charge in [-0.2, -0.15) is 0 Å². The van der Waals surface area contributed by atoms with Crippen molar-refractivity contribution >= 4 is 15.9 Å². The number of phenols is 1. The molecule has 3 rings (SSSR count). The Kier molecular flexibility index (Phi) is 5.63. The Bertz CT molecular complexity index is 1020. The molecular weight excluding hydrogens is 390 g/mol. The van der Waals surface area contributed by atoms with Crippen LogP contribution in [-0.4, -0.2) is 43.2 Å². The summed E-state index contributed by atoms with van der Waals surface area (Å²) in [6.45, 7) is 8.57. The van der Waals surface area contributed by atoms with E-state index in [0.29, 0.717) is 13.1 Å². The standard InChI is InChI=1S/C22H27NO5S/c1-15-12-19(29(26,27)18-7-5-6-17(24)13-18)8-9-20(15)16-10-11-23(14-16)21(25)28-22(2,3)4/h5-9,12-13,16,24H,10-11,14H2,1-4H3. The fourth-order valence-electron chi connectivity index (χ4n) is 3.57. The Labute approximate surface area is 172 Å². The highest BCUT2D eigenvalue weighted by Gasteiger charge is 2.31. The third-order valence-electron chi connectivity index (χ3n) is 4.96. The molecule has 29 heavy (non-hydrogen) atoms. The minimum atomic E-state index is -3.71. The summed E-state index contributed by atoms with van der Waals surface area (Å²) in [6, 6.07) is 10.7. The molecule has 1 fully saturated rings. The lowest BCUT2D eigenvalue weighted by Crippen LogP contribution is -2.35. The van der Waals surface area contributed by atoms with E-state index < -0.39 is 15.4 Å². The Morgan fingerprint density at radius 3 is 2.45 bits per heavy atom. The summed E-state index contributed by atoms with van der Waals surface area (Å²) in [6.07, 6.45) is 0.486. The Morgan fingerprint density at radius 2 is 1.83 bits per heavy atom. The third kappa shape index (κ3) is 4.72. The highest BCUT2D eigenvalue weighted by Crippen LogP contribution is 2.33. The van der Waals surface area contributed by atoms with Gasteiger partial charge in [0.05, 0.1) is 9.79 Å². The number of sulfone groups is 1. The summed E-state index contributed by atoms with van der Waals surface area (Å²) in [7, 11) is -3.71. The number of likely N-dealkylation sites (tertiary alicyclic amines) is 1. The molecule has 0 aliphatic carbocycles. The van der Waals surface area contributed by atoms with E-state index in [4.69, 9.17) is 4.74 Å². The van der Waals surface area contributed by atoms with Gasteiger partial charge in [-0.1, -0.05) is 12.1 Å². The molecule has 0 radical (unpaired) electrons. The second-order valence-electron chi connectivity index (χ2n) is 8.43. The first-order chi connectivity index (χ1) is 13.5. The normalized spacial score (nSPS) is 17.4. The van der Waals surface area contributed by atoms with Crippen LogP contribution in [0.4, 0.5) is 4.79 Å². The minimum Gasteiger partial charge on any atom is -0.508 e. The van der Waals surface area contributed by atoms with Crippen LogP contribution in [0.15, 0.2) is 52.3 Å². The van der Waals surface area contributed by atoms with Crippen molar-refractivity contribution in [3.8, 4) is 5.75 Å². The van der Waals surface area contributed by atoms with E-state index in [2.05, 4.69) is 0 Å². The van der Waals surface area contributed by atoms with Crippen molar-refractivity contribution in [2.24, 2.45) is 0 Å². The molecule has 1 unspecified atom stereocenters. The van der Waals surface area contributed by atoms with Gasteiger partial charge in [-0.05, 0) is 75.6 Å². The van der Waals surface area contributed by atoms with Crippen LogP contribution in [0, 0.1) is 6.92 Å². The summed E-state index contributed by atoms with van der Waals surface area (Å²) < 4.78 is 31.2. The molecule has 1 aliphatic heterocycles. The number of aryl methyl sites for hydroxylation is 1. The van der Waals surface area contributed by atoms with E-state index in [0.717, 1.165) is 17.5 Å². The first kappa shape index (κ1) is 21.2. The second-order valence-corrected chi connectivity index (χ2v) is 10.4. The number of rotatable bonds is 3. The Balaban J connectivity index is 1.79. The number of carbonyl (C=O) groups is 1. The van der Waals surface area contributed by atoms with Crippen LogP contribution in [0.3, 0.4) is 0 Å². The fraction of sp³-hybridized carbons (Fsp3) is 0.409. The second kappa shape index (κ2) is 7.71. The molecule has 0 aromatic heterocycles. The number of aromatic hydroxyl groups is 1. The number of phenolic OH excluding ortho intramolecular Hbond substituents is 1. The zero-order chi connectivity index (χ0) is 21.4. The zero-order valence-corrected chi connectivity index (χ0v) is 18.0. The van der Waals surface area contributed by atoms with E-state index in [9.17, 15) is 18.3 Å². The molecule has 2 aromatic rings. The van der Waals surface area contributed by atoms with Gasteiger partial charge in [0, 0.05) is 19.0 Å². The van der Waals surface area contributed by atoms with Crippen molar-refractivity contribution in [3.63, 3.8) is 0 Å². The number of hydrogen-bond acceptors (Lipinski definition) is 5.